The van der Waals surface area contributed by atoms with Crippen molar-refractivity contribution in [2.75, 3.05) is 13.2 Å². The van der Waals surface area contributed by atoms with Gasteiger partial charge in [0.15, 0.2) is 6.29 Å². The Morgan fingerprint density at radius 2 is 1.90 bits per heavy atom. The van der Waals surface area contributed by atoms with E-state index in [0.717, 1.165) is 11.1 Å². The highest BCUT2D eigenvalue weighted by molar-refractivity contribution is 6.31. The van der Waals surface area contributed by atoms with E-state index < -0.39 is 6.29 Å². The van der Waals surface area contributed by atoms with Crippen LogP contribution in [0.2, 0.25) is 5.02 Å². The number of halogens is 1. The molecule has 2 aromatic carbocycles. The molecule has 1 saturated heterocycles. The Bertz CT molecular complexity index is 866. The summed E-state index contributed by atoms with van der Waals surface area (Å²) in [5.74, 6) is 0.00984. The van der Waals surface area contributed by atoms with Gasteiger partial charge in [-0.1, -0.05) is 60.2 Å². The molecule has 0 saturated carbocycles. The molecular weight excluding hydrogens is 404 g/mol. The monoisotopic (exact) mass is 430 g/mol. The Kier molecular flexibility index (Phi) is 8.31. The van der Waals surface area contributed by atoms with E-state index in [9.17, 15) is 9.90 Å². The molecule has 1 fully saturated rings. The van der Waals surface area contributed by atoms with Gasteiger partial charge in [-0.05, 0) is 31.9 Å². The summed E-state index contributed by atoms with van der Waals surface area (Å²) < 4.78 is 17.2. The molecule has 1 unspecified atom stereocenters. The minimum absolute atomic E-state index is 0.0101. The molecule has 0 radical (unpaired) electrons. The fourth-order valence-corrected chi connectivity index (χ4v) is 3.71. The molecule has 6 heteroatoms. The molecule has 0 aliphatic carbocycles. The maximum Gasteiger partial charge on any atom is 0.306 e. The first kappa shape index (κ1) is 22.3. The lowest BCUT2D eigenvalue weighted by Gasteiger charge is -2.37. The molecule has 1 aliphatic heterocycles. The first-order chi connectivity index (χ1) is 14.6. The number of rotatable bonds is 8. The van der Waals surface area contributed by atoms with Crippen molar-refractivity contribution in [1.29, 1.82) is 0 Å². The van der Waals surface area contributed by atoms with Gasteiger partial charge in [-0.25, -0.2) is 0 Å². The highest BCUT2D eigenvalue weighted by Crippen LogP contribution is 2.43. The fourth-order valence-electron chi connectivity index (χ4n) is 3.48. The molecule has 5 nitrogen and oxygen atoms in total. The zero-order valence-corrected chi connectivity index (χ0v) is 17.8. The van der Waals surface area contributed by atoms with E-state index in [4.69, 9.17) is 25.8 Å². The number of phenols is 1. The normalized spacial score (nSPS) is 21.6. The lowest BCUT2D eigenvalue weighted by atomic mass is 9.91. The summed E-state index contributed by atoms with van der Waals surface area (Å²) in [5.41, 5.74) is 1.49. The van der Waals surface area contributed by atoms with Gasteiger partial charge in [-0.3, -0.25) is 4.79 Å². The summed E-state index contributed by atoms with van der Waals surface area (Å²) in [5, 5.41) is 11.0. The lowest BCUT2D eigenvalue weighted by molar-refractivity contribution is -0.244. The highest BCUT2D eigenvalue weighted by atomic mass is 35.5. The van der Waals surface area contributed by atoms with Crippen molar-refractivity contribution >= 4 is 17.6 Å². The smallest absolute Gasteiger partial charge is 0.306 e. The summed E-state index contributed by atoms with van der Waals surface area (Å²) >= 11 is 6.33. The van der Waals surface area contributed by atoms with Crippen molar-refractivity contribution in [2.45, 2.75) is 38.6 Å². The molecular formula is C24H27ClO5. The van der Waals surface area contributed by atoms with E-state index in [2.05, 4.69) is 0 Å². The molecule has 30 heavy (non-hydrogen) atoms. The molecule has 0 amide bonds. The van der Waals surface area contributed by atoms with E-state index in [1.54, 1.807) is 25.1 Å². The van der Waals surface area contributed by atoms with Crippen LogP contribution in [0.1, 0.15) is 49.7 Å². The molecule has 0 spiro atoms. The van der Waals surface area contributed by atoms with Crippen LogP contribution >= 0.6 is 11.6 Å². The van der Waals surface area contributed by atoms with Gasteiger partial charge < -0.3 is 19.3 Å². The van der Waals surface area contributed by atoms with Crippen LogP contribution in [-0.2, 0) is 19.0 Å². The number of benzene rings is 2. The molecule has 2 aromatic rings. The fraction of sp³-hybridized carbons (Fsp3) is 0.375. The molecule has 0 aromatic heterocycles. The molecule has 0 bridgehead atoms. The number of carbonyl (C=O) groups excluding carboxylic acids is 1. The van der Waals surface area contributed by atoms with E-state index in [1.165, 1.54) is 0 Å². The van der Waals surface area contributed by atoms with Gasteiger partial charge in [-0.2, -0.15) is 0 Å². The second-order valence-corrected chi connectivity index (χ2v) is 7.52. The van der Waals surface area contributed by atoms with Crippen LogP contribution < -0.4 is 0 Å². The van der Waals surface area contributed by atoms with Gasteiger partial charge in [-0.15, -0.1) is 0 Å². The number of hydrogen-bond donors (Lipinski definition) is 1. The molecule has 160 valence electrons. The Morgan fingerprint density at radius 1 is 1.17 bits per heavy atom. The Hall–Kier alpha value is -2.34. The minimum atomic E-state index is -0.604. The number of esters is 1. The number of carbonyl (C=O) groups is 1. The van der Waals surface area contributed by atoms with Crippen LogP contribution in [-0.4, -0.2) is 24.3 Å². The van der Waals surface area contributed by atoms with Gasteiger partial charge >= 0.3 is 5.97 Å². The lowest BCUT2D eigenvalue weighted by Crippen LogP contribution is -2.30. The van der Waals surface area contributed by atoms with Gasteiger partial charge in [0.2, 0.25) is 0 Å². The van der Waals surface area contributed by atoms with Crippen LogP contribution in [0.3, 0.4) is 0 Å². The van der Waals surface area contributed by atoms with Crippen LogP contribution in [0, 0.1) is 5.92 Å². The zero-order valence-electron chi connectivity index (χ0n) is 17.0. The Labute approximate surface area is 182 Å². The van der Waals surface area contributed by atoms with Gasteiger partial charge in [0.05, 0.1) is 19.3 Å². The van der Waals surface area contributed by atoms with Gasteiger partial charge in [0.25, 0.3) is 0 Å². The molecule has 3 atom stereocenters. The van der Waals surface area contributed by atoms with Gasteiger partial charge in [0, 0.05) is 28.5 Å². The first-order valence-corrected chi connectivity index (χ1v) is 10.6. The first-order valence-electron chi connectivity index (χ1n) is 10.2. The number of para-hydroxylation sites is 1. The van der Waals surface area contributed by atoms with Crippen molar-refractivity contribution < 1.29 is 24.1 Å². The summed E-state index contributed by atoms with van der Waals surface area (Å²) in [6, 6.07) is 14.6. The molecule has 3 rings (SSSR count). The van der Waals surface area contributed by atoms with Crippen molar-refractivity contribution in [1.82, 2.24) is 0 Å². The highest BCUT2D eigenvalue weighted by Gasteiger charge is 2.35. The predicted molar refractivity (Wildman–Crippen MR) is 115 cm³/mol. The van der Waals surface area contributed by atoms with E-state index in [1.807, 2.05) is 42.5 Å². The number of hydrogen-bond acceptors (Lipinski definition) is 5. The third kappa shape index (κ3) is 5.85. The third-order valence-electron chi connectivity index (χ3n) is 4.99. The average Bonchev–Trinajstić information content (AvgIpc) is 2.75. The Morgan fingerprint density at radius 3 is 2.63 bits per heavy atom. The van der Waals surface area contributed by atoms with Gasteiger partial charge in [0.1, 0.15) is 5.75 Å². The topological polar surface area (TPSA) is 65.0 Å². The zero-order chi connectivity index (χ0) is 21.3. The minimum Gasteiger partial charge on any atom is -0.508 e. The standard InChI is InChI=1S/C24H27ClO5/c1-2-28-22(27)15-5-3-4-10-17-16-29-24(18-11-6-8-13-20(18)25)30-23(17)19-12-7-9-14-21(19)26/h3-4,6-9,11-14,17,23-24,26H,2,5,10,15-16H2,1H3/t17-,23+,24?/m1/s1. The van der Waals surface area contributed by atoms with Crippen LogP contribution in [0.4, 0.5) is 0 Å². The molecule has 1 N–H and O–H groups in total. The number of aromatic hydroxyl groups is 1. The van der Waals surface area contributed by atoms with Crippen molar-refractivity contribution in [3.05, 3.63) is 76.8 Å². The molecule has 1 heterocycles. The summed E-state index contributed by atoms with van der Waals surface area (Å²) in [6.45, 7) is 2.65. The SMILES string of the molecule is CCOC(=O)CCC=CC[C@@H]1COC(c2ccccc2Cl)O[C@@H]1c1ccccc1O. The molecule has 1 aliphatic rings. The van der Waals surface area contributed by atoms with Crippen LogP contribution in [0.25, 0.3) is 0 Å². The van der Waals surface area contributed by atoms with Crippen molar-refractivity contribution in [2.24, 2.45) is 5.92 Å². The quantitative estimate of drug-likeness (QED) is 0.427. The van der Waals surface area contributed by atoms with E-state index >= 15 is 0 Å². The summed E-state index contributed by atoms with van der Waals surface area (Å²) in [7, 11) is 0. The van der Waals surface area contributed by atoms with Crippen molar-refractivity contribution in [3.8, 4) is 5.75 Å². The maximum atomic E-state index is 11.4. The van der Waals surface area contributed by atoms with Crippen molar-refractivity contribution in [3.63, 3.8) is 0 Å². The van der Waals surface area contributed by atoms with Crippen LogP contribution in [0.5, 0.6) is 5.75 Å². The third-order valence-corrected chi connectivity index (χ3v) is 5.33. The number of allylic oxidation sites excluding steroid dienone is 2. The Balaban J connectivity index is 1.70. The van der Waals surface area contributed by atoms with E-state index in [-0.39, 0.29) is 23.7 Å². The number of phenolic OH excluding ortho intramolecular Hbond substituents is 1. The summed E-state index contributed by atoms with van der Waals surface area (Å²) in [6.07, 6.45) is 4.72. The second-order valence-electron chi connectivity index (χ2n) is 7.11. The largest absolute Gasteiger partial charge is 0.508 e. The number of ether oxygens (including phenoxy) is 3. The maximum absolute atomic E-state index is 11.4. The second kappa shape index (κ2) is 11.2. The predicted octanol–water partition coefficient (Wildman–Crippen LogP) is 5.74. The van der Waals surface area contributed by atoms with E-state index in [0.29, 0.717) is 37.5 Å². The average molecular weight is 431 g/mol. The van der Waals surface area contributed by atoms with Crippen LogP contribution in [0.15, 0.2) is 60.7 Å². The summed E-state index contributed by atoms with van der Waals surface area (Å²) in [4.78, 5) is 11.4.